The summed E-state index contributed by atoms with van der Waals surface area (Å²) in [6, 6.07) is 1.92. The fourth-order valence-corrected chi connectivity index (χ4v) is 3.07. The fourth-order valence-electron chi connectivity index (χ4n) is 3.07. The molecule has 3 heteroatoms. The molecule has 90 valence electrons. The molecule has 0 spiro atoms. The van der Waals surface area contributed by atoms with Crippen LogP contribution in [0.2, 0.25) is 0 Å². The van der Waals surface area contributed by atoms with E-state index in [0.29, 0.717) is 12.3 Å². The number of fused-ring (bicyclic) bond motifs is 1. The van der Waals surface area contributed by atoms with E-state index in [2.05, 4.69) is 10.3 Å². The summed E-state index contributed by atoms with van der Waals surface area (Å²) in [5.41, 5.74) is 1.92. The third-order valence-corrected chi connectivity index (χ3v) is 4.13. The molecular formula is C14H18N2O. The van der Waals surface area contributed by atoms with Crippen LogP contribution in [-0.4, -0.2) is 10.9 Å². The lowest BCUT2D eigenvalue weighted by molar-refractivity contribution is -0.117. The number of carbonyl (C=O) groups is 1. The summed E-state index contributed by atoms with van der Waals surface area (Å²) in [4.78, 5) is 15.9. The molecule has 0 saturated heterocycles. The van der Waals surface area contributed by atoms with Crippen LogP contribution in [0.5, 0.6) is 0 Å². The Morgan fingerprint density at radius 2 is 2.18 bits per heavy atom. The first kappa shape index (κ1) is 10.8. The van der Waals surface area contributed by atoms with Crippen molar-refractivity contribution in [3.63, 3.8) is 0 Å². The third kappa shape index (κ3) is 2.33. The molecule has 0 aromatic carbocycles. The normalized spacial score (nSPS) is 29.8. The first-order chi connectivity index (χ1) is 8.22. The highest BCUT2D eigenvalue weighted by Gasteiger charge is 2.45. The van der Waals surface area contributed by atoms with Gasteiger partial charge in [-0.05, 0) is 55.6 Å². The number of carbonyl (C=O) groups excluding carboxylic acids is 1. The minimum Gasteiger partial charge on any atom is -0.325 e. The number of aromatic nitrogens is 1. The van der Waals surface area contributed by atoms with Crippen LogP contribution in [0.4, 0.5) is 5.69 Å². The SMILES string of the molecule is Cc1ccncc1NC(=O)CC1C[C@@H]2C[C@@H]2C1. The van der Waals surface area contributed by atoms with Crippen LogP contribution < -0.4 is 5.32 Å². The molecule has 1 aromatic rings. The van der Waals surface area contributed by atoms with E-state index in [9.17, 15) is 4.79 Å². The second-order valence-corrected chi connectivity index (χ2v) is 5.54. The van der Waals surface area contributed by atoms with E-state index < -0.39 is 0 Å². The van der Waals surface area contributed by atoms with Gasteiger partial charge in [-0.15, -0.1) is 0 Å². The van der Waals surface area contributed by atoms with Crippen molar-refractivity contribution in [2.24, 2.45) is 17.8 Å². The number of hydrogen-bond donors (Lipinski definition) is 1. The first-order valence-electron chi connectivity index (χ1n) is 6.43. The lowest BCUT2D eigenvalue weighted by Gasteiger charge is -2.12. The summed E-state index contributed by atoms with van der Waals surface area (Å²) in [6.07, 6.45) is 8.10. The Morgan fingerprint density at radius 1 is 1.41 bits per heavy atom. The summed E-state index contributed by atoms with van der Waals surface area (Å²) >= 11 is 0. The Kier molecular flexibility index (Phi) is 2.61. The predicted octanol–water partition coefficient (Wildman–Crippen LogP) is 2.76. The first-order valence-corrected chi connectivity index (χ1v) is 6.43. The quantitative estimate of drug-likeness (QED) is 0.867. The molecule has 3 rings (SSSR count). The number of pyridine rings is 1. The second-order valence-electron chi connectivity index (χ2n) is 5.54. The molecule has 0 bridgehead atoms. The number of hydrogen-bond acceptors (Lipinski definition) is 2. The number of nitrogens with zero attached hydrogens (tertiary/aromatic N) is 1. The number of nitrogens with one attached hydrogen (secondary N) is 1. The van der Waals surface area contributed by atoms with E-state index in [4.69, 9.17) is 0 Å². The van der Waals surface area contributed by atoms with Crippen molar-refractivity contribution in [2.75, 3.05) is 5.32 Å². The third-order valence-electron chi connectivity index (χ3n) is 4.13. The maximum atomic E-state index is 11.9. The Labute approximate surface area is 102 Å². The number of amides is 1. The van der Waals surface area contributed by atoms with E-state index in [1.807, 2.05) is 13.0 Å². The molecule has 2 aliphatic carbocycles. The molecule has 2 fully saturated rings. The lowest BCUT2D eigenvalue weighted by Crippen LogP contribution is -2.16. The van der Waals surface area contributed by atoms with Gasteiger partial charge in [-0.1, -0.05) is 0 Å². The summed E-state index contributed by atoms with van der Waals surface area (Å²) in [7, 11) is 0. The van der Waals surface area contributed by atoms with Gasteiger partial charge in [0, 0.05) is 12.6 Å². The lowest BCUT2D eigenvalue weighted by atomic mass is 9.99. The molecule has 1 amide bonds. The van der Waals surface area contributed by atoms with Crippen LogP contribution in [0.1, 0.15) is 31.2 Å². The average Bonchev–Trinajstić information content (AvgIpc) is 2.90. The van der Waals surface area contributed by atoms with E-state index >= 15 is 0 Å². The Hall–Kier alpha value is -1.38. The predicted molar refractivity (Wildman–Crippen MR) is 66.5 cm³/mol. The molecule has 1 heterocycles. The van der Waals surface area contributed by atoms with Gasteiger partial charge in [0.2, 0.25) is 5.91 Å². The van der Waals surface area contributed by atoms with Crippen molar-refractivity contribution < 1.29 is 4.79 Å². The molecule has 3 atom stereocenters. The zero-order chi connectivity index (χ0) is 11.8. The molecule has 1 N–H and O–H groups in total. The van der Waals surface area contributed by atoms with E-state index in [0.717, 1.165) is 23.1 Å². The van der Waals surface area contributed by atoms with Gasteiger partial charge in [0.1, 0.15) is 0 Å². The highest BCUT2D eigenvalue weighted by atomic mass is 16.1. The molecule has 17 heavy (non-hydrogen) atoms. The van der Waals surface area contributed by atoms with E-state index in [1.165, 1.54) is 19.3 Å². The fraction of sp³-hybridized carbons (Fsp3) is 0.571. The zero-order valence-electron chi connectivity index (χ0n) is 10.1. The minimum atomic E-state index is 0.146. The molecule has 1 aromatic heterocycles. The monoisotopic (exact) mass is 230 g/mol. The van der Waals surface area contributed by atoms with Crippen LogP contribution in [0, 0.1) is 24.7 Å². The van der Waals surface area contributed by atoms with Gasteiger partial charge < -0.3 is 5.32 Å². The minimum absolute atomic E-state index is 0.146. The van der Waals surface area contributed by atoms with Crippen LogP contribution in [-0.2, 0) is 4.79 Å². The van der Waals surface area contributed by atoms with Gasteiger partial charge in [0.25, 0.3) is 0 Å². The second kappa shape index (κ2) is 4.13. The molecule has 2 aliphatic rings. The summed E-state index contributed by atoms with van der Waals surface area (Å²) in [5.74, 6) is 2.67. The van der Waals surface area contributed by atoms with E-state index in [1.54, 1.807) is 12.4 Å². The van der Waals surface area contributed by atoms with Crippen molar-refractivity contribution in [1.29, 1.82) is 0 Å². The van der Waals surface area contributed by atoms with Crippen molar-refractivity contribution in [1.82, 2.24) is 4.98 Å². The van der Waals surface area contributed by atoms with Crippen LogP contribution in [0.3, 0.4) is 0 Å². The highest BCUT2D eigenvalue weighted by Crippen LogP contribution is 2.55. The van der Waals surface area contributed by atoms with Crippen LogP contribution in [0.25, 0.3) is 0 Å². The van der Waals surface area contributed by atoms with Crippen molar-refractivity contribution in [3.05, 3.63) is 24.0 Å². The summed E-state index contributed by atoms with van der Waals surface area (Å²) in [5, 5.41) is 2.97. The molecule has 0 aliphatic heterocycles. The van der Waals surface area contributed by atoms with Crippen LogP contribution in [0.15, 0.2) is 18.5 Å². The average molecular weight is 230 g/mol. The largest absolute Gasteiger partial charge is 0.325 e. The standard InChI is InChI=1S/C14H18N2O/c1-9-2-3-15-8-13(9)16-14(17)6-10-4-11-7-12(11)5-10/h2-3,8,10-12H,4-7H2,1H3,(H,16,17)/t10?,11-,12+. The number of rotatable bonds is 3. The summed E-state index contributed by atoms with van der Waals surface area (Å²) < 4.78 is 0. The van der Waals surface area contributed by atoms with Crippen molar-refractivity contribution >= 4 is 11.6 Å². The Bertz CT molecular complexity index is 434. The molecular weight excluding hydrogens is 212 g/mol. The Balaban J connectivity index is 1.55. The molecule has 2 saturated carbocycles. The molecule has 3 nitrogen and oxygen atoms in total. The van der Waals surface area contributed by atoms with Gasteiger partial charge >= 0.3 is 0 Å². The van der Waals surface area contributed by atoms with Gasteiger partial charge in [0.05, 0.1) is 11.9 Å². The maximum Gasteiger partial charge on any atom is 0.224 e. The zero-order valence-corrected chi connectivity index (χ0v) is 10.1. The number of aryl methyl sites for hydroxylation is 1. The number of anilines is 1. The van der Waals surface area contributed by atoms with Crippen molar-refractivity contribution in [3.8, 4) is 0 Å². The molecule has 1 unspecified atom stereocenters. The van der Waals surface area contributed by atoms with Crippen LogP contribution >= 0.6 is 0 Å². The van der Waals surface area contributed by atoms with Gasteiger partial charge in [0.15, 0.2) is 0 Å². The smallest absolute Gasteiger partial charge is 0.224 e. The van der Waals surface area contributed by atoms with Crippen molar-refractivity contribution in [2.45, 2.75) is 32.6 Å². The highest BCUT2D eigenvalue weighted by molar-refractivity contribution is 5.91. The molecule has 0 radical (unpaired) electrons. The van der Waals surface area contributed by atoms with Gasteiger partial charge in [-0.2, -0.15) is 0 Å². The van der Waals surface area contributed by atoms with E-state index in [-0.39, 0.29) is 5.91 Å². The Morgan fingerprint density at radius 3 is 2.88 bits per heavy atom. The van der Waals surface area contributed by atoms with Gasteiger partial charge in [-0.25, -0.2) is 0 Å². The topological polar surface area (TPSA) is 42.0 Å². The van der Waals surface area contributed by atoms with Gasteiger partial charge in [-0.3, -0.25) is 9.78 Å². The summed E-state index contributed by atoms with van der Waals surface area (Å²) in [6.45, 7) is 1.99. The maximum absolute atomic E-state index is 11.9.